The van der Waals surface area contributed by atoms with E-state index in [0.29, 0.717) is 0 Å². The molecule has 1 unspecified atom stereocenters. The second-order valence-electron chi connectivity index (χ2n) is 4.13. The van der Waals surface area contributed by atoms with Crippen LogP contribution in [0.15, 0.2) is 18.2 Å². The van der Waals surface area contributed by atoms with Crippen LogP contribution in [0.3, 0.4) is 0 Å². The lowest BCUT2D eigenvalue weighted by Gasteiger charge is -2.14. The lowest BCUT2D eigenvalue weighted by molar-refractivity contribution is 0.506. The Kier molecular flexibility index (Phi) is 5.18. The third-order valence-corrected chi connectivity index (χ3v) is 3.22. The van der Waals surface area contributed by atoms with Crippen molar-refractivity contribution in [3.8, 4) is 0 Å². The van der Waals surface area contributed by atoms with E-state index in [1.165, 1.54) is 18.2 Å². The number of rotatable bonds is 6. The quantitative estimate of drug-likeness (QED) is 0.807. The Labute approximate surface area is 105 Å². The van der Waals surface area contributed by atoms with Crippen LogP contribution in [-0.2, 0) is 16.4 Å². The van der Waals surface area contributed by atoms with Gasteiger partial charge in [-0.15, -0.1) is 0 Å². The number of primary sulfonamides is 1. The molecule has 7 heteroatoms. The topological polar surface area (TPSA) is 72.2 Å². The first-order chi connectivity index (χ1) is 8.29. The van der Waals surface area contributed by atoms with Crippen molar-refractivity contribution in [1.82, 2.24) is 5.32 Å². The van der Waals surface area contributed by atoms with Crippen molar-refractivity contribution in [3.63, 3.8) is 0 Å². The molecule has 1 aromatic rings. The Morgan fingerprint density at radius 3 is 2.39 bits per heavy atom. The van der Waals surface area contributed by atoms with E-state index in [2.05, 4.69) is 5.32 Å². The van der Waals surface area contributed by atoms with Crippen LogP contribution in [0.5, 0.6) is 0 Å². The maximum atomic E-state index is 13.3. The zero-order valence-corrected chi connectivity index (χ0v) is 10.8. The standard InChI is InChI=1S/C11H16F2N2O2S/c1-8(15-5-6-18(14,16)17)7-9-10(12)3-2-4-11(9)13/h2-4,8,15H,5-7H2,1H3,(H2,14,16,17). The van der Waals surface area contributed by atoms with Crippen molar-refractivity contribution in [2.75, 3.05) is 12.3 Å². The molecule has 0 aliphatic carbocycles. The van der Waals surface area contributed by atoms with Crippen molar-refractivity contribution in [2.45, 2.75) is 19.4 Å². The van der Waals surface area contributed by atoms with Gasteiger partial charge in [0.15, 0.2) is 0 Å². The van der Waals surface area contributed by atoms with Crippen molar-refractivity contribution in [3.05, 3.63) is 35.4 Å². The summed E-state index contributed by atoms with van der Waals surface area (Å²) in [6, 6.07) is 3.43. The van der Waals surface area contributed by atoms with Gasteiger partial charge in [0.05, 0.1) is 5.75 Å². The number of hydrogen-bond donors (Lipinski definition) is 2. The minimum atomic E-state index is -3.52. The van der Waals surface area contributed by atoms with Gasteiger partial charge in [0.2, 0.25) is 10.0 Å². The number of sulfonamides is 1. The van der Waals surface area contributed by atoms with Gasteiger partial charge in [-0.25, -0.2) is 22.3 Å². The molecular weight excluding hydrogens is 262 g/mol. The third kappa shape index (κ3) is 5.07. The van der Waals surface area contributed by atoms with Crippen LogP contribution in [0.1, 0.15) is 12.5 Å². The summed E-state index contributed by atoms with van der Waals surface area (Å²) in [5.74, 6) is -1.41. The van der Waals surface area contributed by atoms with E-state index in [1.807, 2.05) is 0 Å². The summed E-state index contributed by atoms with van der Waals surface area (Å²) >= 11 is 0. The molecule has 0 fully saturated rings. The van der Waals surface area contributed by atoms with Gasteiger partial charge in [-0.1, -0.05) is 6.07 Å². The lowest BCUT2D eigenvalue weighted by Crippen LogP contribution is -2.34. The molecule has 18 heavy (non-hydrogen) atoms. The summed E-state index contributed by atoms with van der Waals surface area (Å²) in [6.07, 6.45) is 0.142. The van der Waals surface area contributed by atoms with Gasteiger partial charge in [-0.3, -0.25) is 0 Å². The monoisotopic (exact) mass is 278 g/mol. The molecule has 0 radical (unpaired) electrons. The largest absolute Gasteiger partial charge is 0.313 e. The highest BCUT2D eigenvalue weighted by molar-refractivity contribution is 7.89. The summed E-state index contributed by atoms with van der Waals surface area (Å²) in [5, 5.41) is 7.68. The summed E-state index contributed by atoms with van der Waals surface area (Å²) in [6.45, 7) is 1.87. The SMILES string of the molecule is CC(Cc1c(F)cccc1F)NCCS(N)(=O)=O. The lowest BCUT2D eigenvalue weighted by atomic mass is 10.1. The number of hydrogen-bond acceptors (Lipinski definition) is 3. The fourth-order valence-corrected chi connectivity index (χ4v) is 1.96. The third-order valence-electron chi connectivity index (χ3n) is 2.45. The van der Waals surface area contributed by atoms with Gasteiger partial charge in [-0.05, 0) is 25.5 Å². The minimum Gasteiger partial charge on any atom is -0.313 e. The molecule has 0 amide bonds. The molecule has 0 aliphatic heterocycles. The Bertz CT molecular complexity index is 486. The molecule has 0 saturated heterocycles. The van der Waals surface area contributed by atoms with Crippen molar-refractivity contribution < 1.29 is 17.2 Å². The molecule has 102 valence electrons. The van der Waals surface area contributed by atoms with Crippen LogP contribution < -0.4 is 10.5 Å². The molecule has 3 N–H and O–H groups in total. The maximum Gasteiger partial charge on any atom is 0.210 e. The van der Waals surface area contributed by atoms with Gasteiger partial charge in [0.25, 0.3) is 0 Å². The van der Waals surface area contributed by atoms with Gasteiger partial charge in [-0.2, -0.15) is 0 Å². The normalized spacial score (nSPS) is 13.6. The van der Waals surface area contributed by atoms with Gasteiger partial charge < -0.3 is 5.32 Å². The maximum absolute atomic E-state index is 13.3. The van der Waals surface area contributed by atoms with E-state index in [-0.39, 0.29) is 30.3 Å². The van der Waals surface area contributed by atoms with E-state index in [9.17, 15) is 17.2 Å². The molecule has 0 aromatic heterocycles. The number of halogens is 2. The van der Waals surface area contributed by atoms with E-state index >= 15 is 0 Å². The summed E-state index contributed by atoms with van der Waals surface area (Å²) in [4.78, 5) is 0. The molecule has 0 aliphatic rings. The number of benzene rings is 1. The second-order valence-corrected chi connectivity index (χ2v) is 5.86. The first kappa shape index (κ1) is 15.0. The molecular formula is C11H16F2N2O2S. The smallest absolute Gasteiger partial charge is 0.210 e. The summed E-state index contributed by atoms with van der Waals surface area (Å²) in [7, 11) is -3.52. The second kappa shape index (κ2) is 6.21. The summed E-state index contributed by atoms with van der Waals surface area (Å²) < 4.78 is 48.1. The zero-order chi connectivity index (χ0) is 13.8. The van der Waals surface area contributed by atoms with Crippen molar-refractivity contribution in [1.29, 1.82) is 0 Å². The van der Waals surface area contributed by atoms with E-state index < -0.39 is 21.7 Å². The molecule has 1 aromatic carbocycles. The first-order valence-electron chi connectivity index (χ1n) is 5.46. The summed E-state index contributed by atoms with van der Waals surface area (Å²) in [5.41, 5.74) is -0.00638. The Hall–Kier alpha value is -1.05. The van der Waals surface area contributed by atoms with Crippen LogP contribution in [0.25, 0.3) is 0 Å². The predicted molar refractivity (Wildman–Crippen MR) is 65.5 cm³/mol. The Morgan fingerprint density at radius 1 is 1.33 bits per heavy atom. The van der Waals surface area contributed by atoms with Crippen molar-refractivity contribution in [2.24, 2.45) is 5.14 Å². The predicted octanol–water partition coefficient (Wildman–Crippen LogP) is 0.774. The van der Waals surface area contributed by atoms with Crippen LogP contribution in [0.2, 0.25) is 0 Å². The average Bonchev–Trinajstić information content (AvgIpc) is 2.22. The Morgan fingerprint density at radius 2 is 1.89 bits per heavy atom. The molecule has 0 heterocycles. The van der Waals surface area contributed by atoms with E-state index in [1.54, 1.807) is 6.92 Å². The Balaban J connectivity index is 2.52. The minimum absolute atomic E-state index is 0.00638. The molecule has 0 spiro atoms. The van der Waals surface area contributed by atoms with Crippen molar-refractivity contribution >= 4 is 10.0 Å². The molecule has 0 bridgehead atoms. The van der Waals surface area contributed by atoms with Crippen LogP contribution in [0.4, 0.5) is 8.78 Å². The van der Waals surface area contributed by atoms with E-state index in [4.69, 9.17) is 5.14 Å². The molecule has 1 atom stereocenters. The van der Waals surface area contributed by atoms with Crippen LogP contribution in [0, 0.1) is 11.6 Å². The van der Waals surface area contributed by atoms with Gasteiger partial charge in [0, 0.05) is 18.2 Å². The molecule has 1 rings (SSSR count). The number of nitrogens with one attached hydrogen (secondary N) is 1. The zero-order valence-electron chi connectivity index (χ0n) is 9.99. The van der Waals surface area contributed by atoms with Crippen LogP contribution >= 0.6 is 0 Å². The number of nitrogens with two attached hydrogens (primary N) is 1. The highest BCUT2D eigenvalue weighted by atomic mass is 32.2. The highest BCUT2D eigenvalue weighted by Crippen LogP contribution is 2.13. The first-order valence-corrected chi connectivity index (χ1v) is 7.18. The fourth-order valence-electron chi connectivity index (χ4n) is 1.55. The highest BCUT2D eigenvalue weighted by Gasteiger charge is 2.12. The fraction of sp³-hybridized carbons (Fsp3) is 0.455. The molecule has 4 nitrogen and oxygen atoms in total. The van der Waals surface area contributed by atoms with Gasteiger partial charge in [0.1, 0.15) is 11.6 Å². The van der Waals surface area contributed by atoms with Crippen LogP contribution in [-0.4, -0.2) is 26.8 Å². The van der Waals surface area contributed by atoms with E-state index in [0.717, 1.165) is 0 Å². The van der Waals surface area contributed by atoms with Gasteiger partial charge >= 0.3 is 0 Å². The average molecular weight is 278 g/mol. The molecule has 0 saturated carbocycles.